The van der Waals surface area contributed by atoms with Crippen LogP contribution >= 0.6 is 0 Å². The number of carboxylic acid groups (broad SMARTS) is 1. The van der Waals surface area contributed by atoms with E-state index in [4.69, 9.17) is 4.74 Å². The molecular formula is C11H20N2O4. The van der Waals surface area contributed by atoms with Crippen LogP contribution in [-0.2, 0) is 9.53 Å². The van der Waals surface area contributed by atoms with Gasteiger partial charge in [-0.3, -0.25) is 0 Å². The lowest BCUT2D eigenvalue weighted by molar-refractivity contribution is -0.148. The van der Waals surface area contributed by atoms with E-state index < -0.39 is 11.5 Å². The maximum Gasteiger partial charge on any atom is 0.329 e. The summed E-state index contributed by atoms with van der Waals surface area (Å²) in [7, 11) is 1.65. The molecule has 6 nitrogen and oxygen atoms in total. The highest BCUT2D eigenvalue weighted by molar-refractivity contribution is 5.86. The van der Waals surface area contributed by atoms with E-state index in [0.29, 0.717) is 26.1 Å². The van der Waals surface area contributed by atoms with Gasteiger partial charge in [-0.15, -0.1) is 0 Å². The molecular weight excluding hydrogens is 224 g/mol. The molecule has 0 saturated carbocycles. The Labute approximate surface area is 101 Å². The Hall–Kier alpha value is -1.30. The summed E-state index contributed by atoms with van der Waals surface area (Å²) in [6, 6.07) is -0.329. The van der Waals surface area contributed by atoms with Gasteiger partial charge < -0.3 is 20.1 Å². The third-order valence-electron chi connectivity index (χ3n) is 3.20. The van der Waals surface area contributed by atoms with E-state index in [-0.39, 0.29) is 12.1 Å². The molecule has 1 fully saturated rings. The van der Waals surface area contributed by atoms with Gasteiger partial charge in [0.2, 0.25) is 0 Å². The molecule has 17 heavy (non-hydrogen) atoms. The number of rotatable bonds is 3. The Balaban J connectivity index is 2.73. The van der Waals surface area contributed by atoms with Gasteiger partial charge in [-0.25, -0.2) is 9.59 Å². The maximum atomic E-state index is 11.9. The van der Waals surface area contributed by atoms with Crippen LogP contribution in [-0.4, -0.2) is 53.8 Å². The summed E-state index contributed by atoms with van der Waals surface area (Å²) in [5, 5.41) is 11.9. The van der Waals surface area contributed by atoms with E-state index in [1.54, 1.807) is 7.05 Å². The monoisotopic (exact) mass is 244 g/mol. The van der Waals surface area contributed by atoms with Crippen LogP contribution in [0.3, 0.4) is 0 Å². The molecule has 2 amide bonds. The summed E-state index contributed by atoms with van der Waals surface area (Å²) in [5.41, 5.74) is -1.18. The van der Waals surface area contributed by atoms with Gasteiger partial charge in [0.25, 0.3) is 0 Å². The normalized spacial score (nSPS) is 18.8. The summed E-state index contributed by atoms with van der Waals surface area (Å²) >= 11 is 0. The molecule has 2 N–H and O–H groups in total. The van der Waals surface area contributed by atoms with Crippen LogP contribution < -0.4 is 5.32 Å². The number of carbonyl (C=O) groups excluding carboxylic acids is 1. The van der Waals surface area contributed by atoms with Crippen molar-refractivity contribution in [3.8, 4) is 0 Å². The molecule has 0 unspecified atom stereocenters. The average Bonchev–Trinajstić information content (AvgIpc) is 2.28. The fraction of sp³-hybridized carbons (Fsp3) is 0.818. The van der Waals surface area contributed by atoms with E-state index in [9.17, 15) is 14.7 Å². The fourth-order valence-electron chi connectivity index (χ4n) is 1.64. The molecule has 0 aromatic rings. The second-order valence-corrected chi connectivity index (χ2v) is 4.63. The van der Waals surface area contributed by atoms with Crippen molar-refractivity contribution in [2.24, 2.45) is 0 Å². The van der Waals surface area contributed by atoms with Gasteiger partial charge in [0.15, 0.2) is 0 Å². The number of amides is 2. The van der Waals surface area contributed by atoms with Crippen molar-refractivity contribution < 1.29 is 19.4 Å². The number of hydrogen-bond donors (Lipinski definition) is 2. The standard InChI is InChI=1S/C11H20N2O4/c1-8(2)13(3)10(16)12-11(9(14)15)4-6-17-7-5-11/h8H,4-7H2,1-3H3,(H,12,16)(H,14,15). The number of carbonyl (C=O) groups is 2. The van der Waals surface area contributed by atoms with E-state index in [0.717, 1.165) is 0 Å². The van der Waals surface area contributed by atoms with Crippen molar-refractivity contribution >= 4 is 12.0 Å². The van der Waals surface area contributed by atoms with Gasteiger partial charge in [-0.2, -0.15) is 0 Å². The van der Waals surface area contributed by atoms with Crippen molar-refractivity contribution in [2.45, 2.75) is 38.3 Å². The van der Waals surface area contributed by atoms with Crippen molar-refractivity contribution in [1.82, 2.24) is 10.2 Å². The first-order valence-electron chi connectivity index (χ1n) is 5.75. The first kappa shape index (κ1) is 13.8. The van der Waals surface area contributed by atoms with Crippen LogP contribution in [0.4, 0.5) is 4.79 Å². The molecule has 0 aliphatic carbocycles. The average molecular weight is 244 g/mol. The third-order valence-corrected chi connectivity index (χ3v) is 3.20. The predicted octanol–water partition coefficient (Wildman–Crippen LogP) is 0.670. The molecule has 0 atom stereocenters. The Morgan fingerprint density at radius 1 is 1.35 bits per heavy atom. The predicted molar refractivity (Wildman–Crippen MR) is 61.9 cm³/mol. The molecule has 1 saturated heterocycles. The van der Waals surface area contributed by atoms with Crippen molar-refractivity contribution in [3.63, 3.8) is 0 Å². The minimum Gasteiger partial charge on any atom is -0.480 e. The smallest absolute Gasteiger partial charge is 0.329 e. The van der Waals surface area contributed by atoms with Crippen LogP contribution in [0.1, 0.15) is 26.7 Å². The van der Waals surface area contributed by atoms with Crippen LogP contribution in [0.2, 0.25) is 0 Å². The molecule has 0 aromatic heterocycles. The van der Waals surface area contributed by atoms with Crippen molar-refractivity contribution in [3.05, 3.63) is 0 Å². The number of carboxylic acids is 1. The van der Waals surface area contributed by atoms with Crippen LogP contribution in [0.25, 0.3) is 0 Å². The van der Waals surface area contributed by atoms with Gasteiger partial charge in [-0.1, -0.05) is 0 Å². The quantitative estimate of drug-likeness (QED) is 0.764. The number of aliphatic carboxylic acids is 1. The molecule has 1 heterocycles. The Kier molecular flexibility index (Phi) is 4.34. The number of hydrogen-bond acceptors (Lipinski definition) is 3. The number of ether oxygens (including phenoxy) is 1. The highest BCUT2D eigenvalue weighted by Crippen LogP contribution is 2.21. The zero-order chi connectivity index (χ0) is 13.1. The first-order chi connectivity index (χ1) is 7.89. The molecule has 0 spiro atoms. The minimum absolute atomic E-state index is 0.0284. The lowest BCUT2D eigenvalue weighted by atomic mass is 9.90. The van der Waals surface area contributed by atoms with Crippen molar-refractivity contribution in [2.75, 3.05) is 20.3 Å². The Morgan fingerprint density at radius 3 is 2.29 bits per heavy atom. The second-order valence-electron chi connectivity index (χ2n) is 4.63. The van der Waals surface area contributed by atoms with Gasteiger partial charge in [-0.05, 0) is 13.8 Å². The van der Waals surface area contributed by atoms with Gasteiger partial charge in [0, 0.05) is 39.1 Å². The van der Waals surface area contributed by atoms with Gasteiger partial charge in [0.1, 0.15) is 5.54 Å². The molecule has 0 aromatic carbocycles. The zero-order valence-electron chi connectivity index (χ0n) is 10.5. The Morgan fingerprint density at radius 2 is 1.88 bits per heavy atom. The van der Waals surface area contributed by atoms with E-state index >= 15 is 0 Å². The third kappa shape index (κ3) is 3.09. The second kappa shape index (κ2) is 5.35. The van der Waals surface area contributed by atoms with Crippen molar-refractivity contribution in [1.29, 1.82) is 0 Å². The van der Waals surface area contributed by atoms with E-state index in [1.807, 2.05) is 13.8 Å². The molecule has 0 radical (unpaired) electrons. The highest BCUT2D eigenvalue weighted by Gasteiger charge is 2.42. The summed E-state index contributed by atoms with van der Waals surface area (Å²) in [4.78, 5) is 24.7. The lowest BCUT2D eigenvalue weighted by Crippen LogP contribution is -2.60. The van der Waals surface area contributed by atoms with E-state index in [2.05, 4.69) is 5.32 Å². The molecule has 1 rings (SSSR count). The number of nitrogens with one attached hydrogen (secondary N) is 1. The van der Waals surface area contributed by atoms with Gasteiger partial charge >= 0.3 is 12.0 Å². The van der Waals surface area contributed by atoms with Gasteiger partial charge in [0.05, 0.1) is 0 Å². The molecule has 0 bridgehead atoms. The van der Waals surface area contributed by atoms with Crippen LogP contribution in [0.15, 0.2) is 0 Å². The number of urea groups is 1. The first-order valence-corrected chi connectivity index (χ1v) is 5.75. The minimum atomic E-state index is -1.18. The lowest BCUT2D eigenvalue weighted by Gasteiger charge is -2.36. The van der Waals surface area contributed by atoms with Crippen LogP contribution in [0.5, 0.6) is 0 Å². The number of nitrogens with zero attached hydrogens (tertiary/aromatic N) is 1. The summed E-state index contributed by atoms with van der Waals surface area (Å²) < 4.78 is 5.14. The fourth-order valence-corrected chi connectivity index (χ4v) is 1.64. The summed E-state index contributed by atoms with van der Waals surface area (Å²) in [5.74, 6) is -0.994. The van der Waals surface area contributed by atoms with E-state index in [1.165, 1.54) is 4.90 Å². The Bertz CT molecular complexity index is 298. The SMILES string of the molecule is CC(C)N(C)C(=O)NC1(C(=O)O)CCOCC1. The maximum absolute atomic E-state index is 11.9. The largest absolute Gasteiger partial charge is 0.480 e. The molecule has 1 aliphatic heterocycles. The zero-order valence-corrected chi connectivity index (χ0v) is 10.5. The topological polar surface area (TPSA) is 78.9 Å². The highest BCUT2D eigenvalue weighted by atomic mass is 16.5. The molecule has 6 heteroatoms. The summed E-state index contributed by atoms with van der Waals surface area (Å²) in [6.45, 7) is 4.46. The van der Waals surface area contributed by atoms with Crippen LogP contribution in [0, 0.1) is 0 Å². The molecule has 98 valence electrons. The molecule has 1 aliphatic rings. The summed E-state index contributed by atoms with van der Waals surface area (Å²) in [6.07, 6.45) is 0.611.